The molecule has 9 aromatic rings. The first-order valence-corrected chi connectivity index (χ1v) is 23.1. The van der Waals surface area contributed by atoms with Crippen molar-refractivity contribution >= 4 is 106 Å². The van der Waals surface area contributed by atoms with E-state index in [1.807, 2.05) is 23.1 Å². The molecule has 0 amide bonds. The Morgan fingerprint density at radius 2 is 1.15 bits per heavy atom. The third-order valence-electron chi connectivity index (χ3n) is 12.3. The molecule has 2 aliphatic rings. The third kappa shape index (κ3) is 6.66. The molecule has 0 saturated carbocycles. The smallest absolute Gasteiger partial charge is 0.0640 e. The molecule has 4 heteroatoms. The van der Waals surface area contributed by atoms with E-state index in [0.717, 1.165) is 30.6 Å². The molecule has 0 bridgehead atoms. The quantitative estimate of drug-likeness (QED) is 0.154. The van der Waals surface area contributed by atoms with E-state index >= 15 is 0 Å². The highest BCUT2D eigenvalue weighted by Crippen LogP contribution is 2.52. The Balaban J connectivity index is 1.23. The monoisotopic (exact) mass is 822 g/mol. The lowest BCUT2D eigenvalue weighted by atomic mass is 9.92. The van der Waals surface area contributed by atoms with E-state index in [4.69, 9.17) is 0 Å². The summed E-state index contributed by atoms with van der Waals surface area (Å²) in [7, 11) is 0. The predicted octanol–water partition coefficient (Wildman–Crippen LogP) is 17.0. The number of thiophene rings is 1. The number of fused-ring (bicyclic) bond motifs is 9. The first-order chi connectivity index (χ1) is 30.0. The van der Waals surface area contributed by atoms with Gasteiger partial charge in [0.15, 0.2) is 0 Å². The van der Waals surface area contributed by atoms with Gasteiger partial charge in [-0.15, -0.1) is 23.1 Å². The van der Waals surface area contributed by atoms with Crippen LogP contribution in [0.15, 0.2) is 181 Å². The standard InChI is InChI=1S/C57H46N2S2/c1-37-29-31-43-48-36-54(59(42-22-11-6-12-23-42)52-27-16-25-46-45-24-13-14-28-55(45)61-57(46)52)50-34-38(2)30-32-44(50)47(48)35-53(49(43)33-37)58(41-20-9-5-10-21-41)51-26-15-19-40-18-8-4-7-17-39(3)60-56(40)51/h4-13,15-17,19-27,29-36,39H,14,18,28H2,1-3H3/b8-4-,17-7-. The number of rotatable bonds is 6. The molecule has 296 valence electrons. The Labute approximate surface area is 366 Å². The second-order valence-electron chi connectivity index (χ2n) is 16.5. The summed E-state index contributed by atoms with van der Waals surface area (Å²) in [5.41, 5.74) is 12.3. The fraction of sp³-hybridized carbons (Fsp3) is 0.123. The van der Waals surface area contributed by atoms with Gasteiger partial charge in [0.05, 0.1) is 27.4 Å². The SMILES string of the molecule is Cc1ccc2c(c1)c(N(c1ccccc1)c1cccc3c1SC(C)/C=C\C=C/C3)cc1c3ccc(C)cc3c(N(c3ccccc3)c3cccc4c5c(sc34)CCC=C5)cc21. The van der Waals surface area contributed by atoms with Gasteiger partial charge in [0.25, 0.3) is 0 Å². The van der Waals surface area contributed by atoms with Crippen LogP contribution in [0.2, 0.25) is 0 Å². The molecular formula is C57H46N2S2. The van der Waals surface area contributed by atoms with Gasteiger partial charge < -0.3 is 9.80 Å². The van der Waals surface area contributed by atoms with Gasteiger partial charge in [-0.25, -0.2) is 0 Å². The molecule has 0 radical (unpaired) electrons. The largest absolute Gasteiger partial charge is 0.309 e. The highest BCUT2D eigenvalue weighted by molar-refractivity contribution is 8.00. The van der Waals surface area contributed by atoms with Gasteiger partial charge in [-0.2, -0.15) is 0 Å². The van der Waals surface area contributed by atoms with Gasteiger partial charge in [0.1, 0.15) is 0 Å². The van der Waals surface area contributed by atoms with Crippen molar-refractivity contribution in [1.82, 2.24) is 0 Å². The fourth-order valence-electron chi connectivity index (χ4n) is 9.48. The number of para-hydroxylation sites is 2. The second kappa shape index (κ2) is 15.6. The van der Waals surface area contributed by atoms with E-state index in [1.54, 1.807) is 0 Å². The topological polar surface area (TPSA) is 6.48 Å². The van der Waals surface area contributed by atoms with Crippen LogP contribution in [0.1, 0.15) is 40.5 Å². The Hall–Kier alpha value is -6.33. The molecule has 0 fully saturated rings. The minimum atomic E-state index is 0.316. The van der Waals surface area contributed by atoms with Gasteiger partial charge in [-0.3, -0.25) is 0 Å². The Morgan fingerprint density at radius 3 is 1.82 bits per heavy atom. The lowest BCUT2D eigenvalue weighted by molar-refractivity contribution is 1.02. The Bertz CT molecular complexity index is 3250. The molecule has 1 aromatic heterocycles. The molecule has 1 aliphatic heterocycles. The number of hydrogen-bond acceptors (Lipinski definition) is 4. The van der Waals surface area contributed by atoms with Gasteiger partial charge >= 0.3 is 0 Å². The summed E-state index contributed by atoms with van der Waals surface area (Å²) >= 11 is 3.92. The van der Waals surface area contributed by atoms with Crippen molar-refractivity contribution in [1.29, 1.82) is 0 Å². The summed E-state index contributed by atoms with van der Waals surface area (Å²) in [6, 6.07) is 54.8. The van der Waals surface area contributed by atoms with Crippen molar-refractivity contribution in [3.63, 3.8) is 0 Å². The fourth-order valence-corrected chi connectivity index (χ4v) is 11.9. The molecule has 0 N–H and O–H groups in total. The van der Waals surface area contributed by atoms with Crippen molar-refractivity contribution < 1.29 is 0 Å². The average Bonchev–Trinajstić information content (AvgIpc) is 3.71. The molecule has 1 atom stereocenters. The van der Waals surface area contributed by atoms with Crippen molar-refractivity contribution in [3.05, 3.63) is 203 Å². The maximum Gasteiger partial charge on any atom is 0.0640 e. The minimum absolute atomic E-state index is 0.316. The lowest BCUT2D eigenvalue weighted by Gasteiger charge is -2.31. The van der Waals surface area contributed by atoms with E-state index in [-0.39, 0.29) is 0 Å². The molecule has 1 unspecified atom stereocenters. The molecule has 11 rings (SSSR count). The summed E-state index contributed by atoms with van der Waals surface area (Å²) in [6.45, 7) is 6.75. The average molecular weight is 823 g/mol. The minimum Gasteiger partial charge on any atom is -0.309 e. The van der Waals surface area contributed by atoms with Crippen LogP contribution in [-0.2, 0) is 12.8 Å². The highest BCUT2D eigenvalue weighted by Gasteiger charge is 2.26. The second-order valence-corrected chi connectivity index (χ2v) is 19.0. The number of nitrogens with zero attached hydrogens (tertiary/aromatic N) is 2. The van der Waals surface area contributed by atoms with Gasteiger partial charge in [0, 0.05) is 42.6 Å². The third-order valence-corrected chi connectivity index (χ3v) is 14.8. The van der Waals surface area contributed by atoms with Crippen LogP contribution in [0.5, 0.6) is 0 Å². The Kier molecular flexibility index (Phi) is 9.63. The highest BCUT2D eigenvalue weighted by atomic mass is 32.2. The number of allylic oxidation sites excluding steroid dienone is 4. The molecular weight excluding hydrogens is 777 g/mol. The normalized spacial score (nSPS) is 15.9. The summed E-state index contributed by atoms with van der Waals surface area (Å²) in [5, 5.41) is 9.11. The lowest BCUT2D eigenvalue weighted by Crippen LogP contribution is -2.13. The number of anilines is 6. The van der Waals surface area contributed by atoms with E-state index in [1.165, 1.54) is 97.2 Å². The van der Waals surface area contributed by atoms with Crippen LogP contribution in [0.4, 0.5) is 34.1 Å². The van der Waals surface area contributed by atoms with Gasteiger partial charge in [0.2, 0.25) is 0 Å². The zero-order chi connectivity index (χ0) is 41.0. The Morgan fingerprint density at radius 1 is 0.525 bits per heavy atom. The van der Waals surface area contributed by atoms with Crippen LogP contribution in [0.25, 0.3) is 48.5 Å². The molecule has 1 aliphatic carbocycles. The summed E-state index contributed by atoms with van der Waals surface area (Å²) in [6.07, 6.45) is 16.7. The maximum atomic E-state index is 2.53. The van der Waals surface area contributed by atoms with Gasteiger partial charge in [-0.05, 0) is 133 Å². The maximum absolute atomic E-state index is 2.53. The van der Waals surface area contributed by atoms with E-state index in [2.05, 4.69) is 213 Å². The van der Waals surface area contributed by atoms with Crippen LogP contribution < -0.4 is 9.80 Å². The van der Waals surface area contributed by atoms with Crippen molar-refractivity contribution in [2.75, 3.05) is 9.80 Å². The molecule has 2 nitrogen and oxygen atoms in total. The first-order valence-electron chi connectivity index (χ1n) is 21.4. The number of aryl methyl sites for hydroxylation is 3. The van der Waals surface area contributed by atoms with Crippen LogP contribution in [-0.4, -0.2) is 5.25 Å². The zero-order valence-corrected chi connectivity index (χ0v) is 36.4. The predicted molar refractivity (Wildman–Crippen MR) is 268 cm³/mol. The van der Waals surface area contributed by atoms with Gasteiger partial charge in [-0.1, -0.05) is 133 Å². The molecule has 61 heavy (non-hydrogen) atoms. The van der Waals surface area contributed by atoms with E-state index < -0.39 is 0 Å². The van der Waals surface area contributed by atoms with Crippen LogP contribution >= 0.6 is 23.1 Å². The summed E-state index contributed by atoms with van der Waals surface area (Å²) < 4.78 is 1.34. The zero-order valence-electron chi connectivity index (χ0n) is 34.7. The van der Waals surface area contributed by atoms with Crippen LogP contribution in [0, 0.1) is 13.8 Å². The van der Waals surface area contributed by atoms with E-state index in [9.17, 15) is 0 Å². The number of hydrogen-bond donors (Lipinski definition) is 0. The summed E-state index contributed by atoms with van der Waals surface area (Å²) in [5.74, 6) is 0. The van der Waals surface area contributed by atoms with Crippen molar-refractivity contribution in [3.8, 4) is 0 Å². The number of benzene rings is 8. The number of thioether (sulfide) groups is 1. The molecule has 8 aromatic carbocycles. The molecule has 2 heterocycles. The van der Waals surface area contributed by atoms with Crippen LogP contribution in [0.3, 0.4) is 0 Å². The first kappa shape index (κ1) is 37.7. The van der Waals surface area contributed by atoms with E-state index in [0.29, 0.717) is 5.25 Å². The molecule has 0 spiro atoms. The van der Waals surface area contributed by atoms with Crippen molar-refractivity contribution in [2.45, 2.75) is 50.2 Å². The van der Waals surface area contributed by atoms with Crippen molar-refractivity contribution in [2.24, 2.45) is 0 Å². The molecule has 0 saturated heterocycles. The summed E-state index contributed by atoms with van der Waals surface area (Å²) in [4.78, 5) is 7.87.